The van der Waals surface area contributed by atoms with Gasteiger partial charge in [-0.2, -0.15) is 0 Å². The van der Waals surface area contributed by atoms with Crippen molar-refractivity contribution in [2.75, 3.05) is 7.11 Å². The summed E-state index contributed by atoms with van der Waals surface area (Å²) in [5, 5.41) is 0.450. The molecule has 0 aliphatic heterocycles. The second kappa shape index (κ2) is 4.37. The number of carbonyl (C=O) groups is 2. The Bertz CT molecular complexity index is 466. The van der Waals surface area contributed by atoms with E-state index >= 15 is 0 Å². The molecule has 1 saturated carbocycles. The van der Waals surface area contributed by atoms with E-state index in [-0.39, 0.29) is 0 Å². The number of rotatable bonds is 4. The first-order chi connectivity index (χ1) is 8.11. The van der Waals surface area contributed by atoms with Gasteiger partial charge in [-0.1, -0.05) is 11.6 Å². The molecule has 0 spiro atoms. The Hall–Kier alpha value is -1.55. The molecule has 90 valence electrons. The van der Waals surface area contributed by atoms with Crippen LogP contribution in [0.15, 0.2) is 18.2 Å². The predicted octanol–water partition coefficient (Wildman–Crippen LogP) is 2.24. The van der Waals surface area contributed by atoms with Crippen molar-refractivity contribution in [1.82, 2.24) is 0 Å². The van der Waals surface area contributed by atoms with Crippen molar-refractivity contribution in [1.29, 1.82) is 0 Å². The lowest BCUT2D eigenvalue weighted by Crippen LogP contribution is -2.31. The summed E-state index contributed by atoms with van der Waals surface area (Å²) >= 11 is 5.82. The topological polar surface area (TPSA) is 52.6 Å². The Labute approximate surface area is 103 Å². The molecule has 1 aromatic carbocycles. The molecule has 0 amide bonds. The van der Waals surface area contributed by atoms with Crippen LogP contribution in [0.5, 0.6) is 5.75 Å². The van der Waals surface area contributed by atoms with Gasteiger partial charge in [0.2, 0.25) is 5.60 Å². The van der Waals surface area contributed by atoms with E-state index in [0.717, 1.165) is 0 Å². The molecule has 1 aliphatic carbocycles. The largest absolute Gasteiger partial charge is 0.475 e. The van der Waals surface area contributed by atoms with Crippen LogP contribution < -0.4 is 4.74 Å². The number of esters is 1. The van der Waals surface area contributed by atoms with Gasteiger partial charge in [0.25, 0.3) is 0 Å². The minimum Gasteiger partial charge on any atom is -0.475 e. The summed E-state index contributed by atoms with van der Waals surface area (Å²) in [6.45, 7) is 0. The normalized spacial score (nSPS) is 16.1. The van der Waals surface area contributed by atoms with Gasteiger partial charge in [-0.05, 0) is 18.2 Å². The number of ether oxygens (including phenoxy) is 2. The Morgan fingerprint density at radius 3 is 2.71 bits per heavy atom. The SMILES string of the molecule is COC(=O)C1(Oc2cc(Cl)ccc2C=O)CC1. The van der Waals surface area contributed by atoms with E-state index in [2.05, 4.69) is 4.74 Å². The van der Waals surface area contributed by atoms with Crippen molar-refractivity contribution in [2.24, 2.45) is 0 Å². The third-order valence-electron chi connectivity index (χ3n) is 2.67. The van der Waals surface area contributed by atoms with Gasteiger partial charge in [0.1, 0.15) is 5.75 Å². The molecular weight excluding hydrogens is 244 g/mol. The molecule has 0 atom stereocenters. The first-order valence-corrected chi connectivity index (χ1v) is 5.51. The van der Waals surface area contributed by atoms with E-state index < -0.39 is 11.6 Å². The van der Waals surface area contributed by atoms with Crippen LogP contribution in [-0.4, -0.2) is 25.0 Å². The van der Waals surface area contributed by atoms with Crippen LogP contribution in [0.2, 0.25) is 5.02 Å². The van der Waals surface area contributed by atoms with Gasteiger partial charge in [-0.3, -0.25) is 4.79 Å². The smallest absolute Gasteiger partial charge is 0.350 e. The van der Waals surface area contributed by atoms with E-state index in [1.54, 1.807) is 12.1 Å². The van der Waals surface area contributed by atoms with E-state index in [1.165, 1.54) is 13.2 Å². The van der Waals surface area contributed by atoms with Crippen LogP contribution in [0.1, 0.15) is 23.2 Å². The third kappa shape index (κ3) is 2.26. The Morgan fingerprint density at radius 2 is 2.18 bits per heavy atom. The van der Waals surface area contributed by atoms with Crippen LogP contribution in [0.25, 0.3) is 0 Å². The number of carbonyl (C=O) groups excluding carboxylic acids is 2. The Kier molecular flexibility index (Phi) is 3.07. The molecule has 0 N–H and O–H groups in total. The lowest BCUT2D eigenvalue weighted by atomic mass is 10.2. The standard InChI is InChI=1S/C12H11ClO4/c1-16-11(15)12(4-5-12)17-10-6-9(13)3-2-8(10)7-14/h2-3,6-7H,4-5H2,1H3. The fourth-order valence-electron chi connectivity index (χ4n) is 1.55. The van der Waals surface area contributed by atoms with Gasteiger partial charge in [0.15, 0.2) is 6.29 Å². The highest BCUT2D eigenvalue weighted by molar-refractivity contribution is 6.30. The molecule has 1 aliphatic rings. The second-order valence-corrected chi connectivity index (χ2v) is 4.32. The molecule has 4 nitrogen and oxygen atoms in total. The summed E-state index contributed by atoms with van der Waals surface area (Å²) in [5.74, 6) is -0.107. The fourth-order valence-corrected chi connectivity index (χ4v) is 1.71. The summed E-state index contributed by atoms with van der Waals surface area (Å²) in [7, 11) is 1.31. The number of methoxy groups -OCH3 is 1. The molecule has 2 rings (SSSR count). The highest BCUT2D eigenvalue weighted by Crippen LogP contribution is 2.42. The third-order valence-corrected chi connectivity index (χ3v) is 2.90. The zero-order valence-electron chi connectivity index (χ0n) is 9.23. The maximum atomic E-state index is 11.5. The molecule has 0 radical (unpaired) electrons. The van der Waals surface area contributed by atoms with E-state index in [1.807, 2.05) is 0 Å². The molecule has 5 heteroatoms. The second-order valence-electron chi connectivity index (χ2n) is 3.89. The van der Waals surface area contributed by atoms with Crippen molar-refractivity contribution < 1.29 is 19.1 Å². The van der Waals surface area contributed by atoms with Crippen LogP contribution in [0.3, 0.4) is 0 Å². The Balaban J connectivity index is 2.27. The van der Waals surface area contributed by atoms with Crippen LogP contribution in [0, 0.1) is 0 Å². The monoisotopic (exact) mass is 254 g/mol. The average molecular weight is 255 g/mol. The van der Waals surface area contributed by atoms with Gasteiger partial charge in [0.05, 0.1) is 12.7 Å². The number of benzene rings is 1. The highest BCUT2D eigenvalue weighted by Gasteiger charge is 2.54. The van der Waals surface area contributed by atoms with Crippen molar-refractivity contribution in [3.05, 3.63) is 28.8 Å². The molecule has 0 aromatic heterocycles. The summed E-state index contributed by atoms with van der Waals surface area (Å²) in [6.07, 6.45) is 1.84. The van der Waals surface area contributed by atoms with E-state index in [9.17, 15) is 9.59 Å². The van der Waals surface area contributed by atoms with Gasteiger partial charge < -0.3 is 9.47 Å². The molecule has 0 bridgehead atoms. The van der Waals surface area contributed by atoms with Crippen LogP contribution in [-0.2, 0) is 9.53 Å². The van der Waals surface area contributed by atoms with Crippen molar-refractivity contribution >= 4 is 23.9 Å². The molecule has 0 heterocycles. The molecule has 0 unspecified atom stereocenters. The zero-order chi connectivity index (χ0) is 12.5. The van der Waals surface area contributed by atoms with Gasteiger partial charge in [0, 0.05) is 17.9 Å². The summed E-state index contributed by atoms with van der Waals surface area (Å²) in [4.78, 5) is 22.4. The minimum absolute atomic E-state index is 0.315. The first kappa shape index (κ1) is 11.9. The van der Waals surface area contributed by atoms with Crippen molar-refractivity contribution in [3.8, 4) is 5.75 Å². The number of hydrogen-bond donors (Lipinski definition) is 0. The van der Waals surface area contributed by atoms with Crippen molar-refractivity contribution in [2.45, 2.75) is 18.4 Å². The summed E-state index contributed by atoms with van der Waals surface area (Å²) in [6, 6.07) is 4.67. The predicted molar refractivity (Wildman–Crippen MR) is 61.4 cm³/mol. The van der Waals surface area contributed by atoms with Crippen LogP contribution >= 0.6 is 11.6 Å². The van der Waals surface area contributed by atoms with Crippen LogP contribution in [0.4, 0.5) is 0 Å². The van der Waals surface area contributed by atoms with Gasteiger partial charge in [-0.25, -0.2) is 4.79 Å². The Morgan fingerprint density at radius 1 is 1.47 bits per heavy atom. The maximum absolute atomic E-state index is 11.5. The van der Waals surface area contributed by atoms with Crippen molar-refractivity contribution in [3.63, 3.8) is 0 Å². The van der Waals surface area contributed by atoms with E-state index in [0.29, 0.717) is 35.5 Å². The van der Waals surface area contributed by atoms with Gasteiger partial charge >= 0.3 is 5.97 Å². The zero-order valence-corrected chi connectivity index (χ0v) is 9.99. The lowest BCUT2D eigenvalue weighted by molar-refractivity contribution is -0.151. The minimum atomic E-state index is -0.933. The summed E-state index contributed by atoms with van der Waals surface area (Å²) < 4.78 is 10.2. The first-order valence-electron chi connectivity index (χ1n) is 5.13. The number of halogens is 1. The fraction of sp³-hybridized carbons (Fsp3) is 0.333. The van der Waals surface area contributed by atoms with Gasteiger partial charge in [-0.15, -0.1) is 0 Å². The molecule has 1 fully saturated rings. The molecule has 17 heavy (non-hydrogen) atoms. The summed E-state index contributed by atoms with van der Waals surface area (Å²) in [5.41, 5.74) is -0.568. The number of aldehydes is 1. The quantitative estimate of drug-likeness (QED) is 0.611. The highest BCUT2D eigenvalue weighted by atomic mass is 35.5. The maximum Gasteiger partial charge on any atom is 0.350 e. The average Bonchev–Trinajstić information content (AvgIpc) is 3.09. The molecule has 0 saturated heterocycles. The van der Waals surface area contributed by atoms with E-state index in [4.69, 9.17) is 16.3 Å². The lowest BCUT2D eigenvalue weighted by Gasteiger charge is -2.16. The number of hydrogen-bond acceptors (Lipinski definition) is 4. The molecule has 1 aromatic rings. The molecular formula is C12H11ClO4.